The largest absolute Gasteiger partial charge is 2.00 e. The third-order valence-corrected chi connectivity index (χ3v) is 0. The summed E-state index contributed by atoms with van der Waals surface area (Å²) in [6.45, 7) is 0. The van der Waals surface area contributed by atoms with Gasteiger partial charge in [-0.05, 0) is 0 Å². The maximum atomic E-state index is 8.53. The summed E-state index contributed by atoms with van der Waals surface area (Å²) < 4.78 is 0. The fourth-order valence-corrected chi connectivity index (χ4v) is 0. The van der Waals surface area contributed by atoms with Gasteiger partial charge in [0.2, 0.25) is 0 Å². The second-order valence-electron chi connectivity index (χ2n) is 1.69. The molecule has 0 atom stereocenters. The van der Waals surface area contributed by atoms with Crippen molar-refractivity contribution in [2.75, 3.05) is 0 Å². The van der Waals surface area contributed by atoms with Gasteiger partial charge in [0.1, 0.15) is 0 Å². The first-order valence-electron chi connectivity index (χ1n) is 3.83. The molecule has 120 valence electrons. The SMILES string of the molecule is OB(O)O.OB(O)O.OB(O)O.OB(O)O.[Ca+2].[O-]B([O-])O. The van der Waals surface area contributed by atoms with Crippen LogP contribution < -0.4 is 10.0 Å². The molecule has 0 aromatic rings. The van der Waals surface area contributed by atoms with Crippen LogP contribution in [0.3, 0.4) is 0 Å². The second kappa shape index (κ2) is 32.8. The van der Waals surface area contributed by atoms with E-state index in [1.165, 1.54) is 0 Å². The molecule has 0 fully saturated rings. The average molecular weight is 347 g/mol. The minimum absolute atomic E-state index is 0. The normalized spacial score (nSPS) is 6.43. The number of hydrogen-bond acceptors (Lipinski definition) is 15. The summed E-state index contributed by atoms with van der Waals surface area (Å²) in [5, 5.41) is 110. The van der Waals surface area contributed by atoms with Crippen LogP contribution in [-0.2, 0) is 0 Å². The first kappa shape index (κ1) is 37.9. The fraction of sp³-hybridized carbons (Fsp3) is 0. The Labute approximate surface area is 149 Å². The molecule has 0 rings (SSSR count). The summed E-state index contributed by atoms with van der Waals surface area (Å²) in [7, 11) is -11.3. The zero-order chi connectivity index (χ0) is 17.9. The molecule has 0 unspecified atom stereocenters. The van der Waals surface area contributed by atoms with E-state index in [9.17, 15) is 0 Å². The van der Waals surface area contributed by atoms with Gasteiger partial charge in [0.25, 0.3) is 0 Å². The van der Waals surface area contributed by atoms with Gasteiger partial charge >= 0.3 is 67.0 Å². The Bertz CT molecular complexity index is 80.6. The minimum Gasteiger partial charge on any atom is -0.871 e. The topological polar surface area (TPSA) is 309 Å². The Morgan fingerprint density at radius 1 is 0.381 bits per heavy atom. The minimum atomic E-state index is -2.67. The molecular weight excluding hydrogens is 334 g/mol. The molecule has 0 aliphatic rings. The van der Waals surface area contributed by atoms with Crippen LogP contribution in [0.15, 0.2) is 0 Å². The smallest absolute Gasteiger partial charge is 0.871 e. The van der Waals surface area contributed by atoms with Crippen molar-refractivity contribution in [1.82, 2.24) is 0 Å². The monoisotopic (exact) mass is 348 g/mol. The van der Waals surface area contributed by atoms with Gasteiger partial charge in [-0.1, -0.05) is 0 Å². The molecule has 21 heteroatoms. The summed E-state index contributed by atoms with van der Waals surface area (Å²) in [5.74, 6) is 0. The molecule has 21 heavy (non-hydrogen) atoms. The van der Waals surface area contributed by atoms with Gasteiger partial charge in [0, 0.05) is 0 Å². The molecule has 0 saturated heterocycles. The van der Waals surface area contributed by atoms with Gasteiger partial charge in [-0.2, -0.15) is 0 Å². The molecule has 0 aliphatic carbocycles. The zero-order valence-electron chi connectivity index (χ0n) is 10.2. The Hall–Kier alpha value is 0.984. The first-order chi connectivity index (χ1) is 8.66. The van der Waals surface area contributed by atoms with Crippen molar-refractivity contribution >= 4 is 74.3 Å². The van der Waals surface area contributed by atoms with E-state index in [2.05, 4.69) is 0 Å². The van der Waals surface area contributed by atoms with Crippen molar-refractivity contribution in [3.05, 3.63) is 0 Å². The van der Waals surface area contributed by atoms with Gasteiger partial charge in [-0.25, -0.2) is 0 Å². The molecule has 0 aromatic heterocycles. The third-order valence-electron chi connectivity index (χ3n) is 0. The van der Waals surface area contributed by atoms with E-state index in [1.54, 1.807) is 0 Å². The van der Waals surface area contributed by atoms with Crippen molar-refractivity contribution in [3.63, 3.8) is 0 Å². The quantitative estimate of drug-likeness (QED) is 0.181. The predicted octanol–water partition coefficient (Wildman–Crippen LogP) is -11.9. The van der Waals surface area contributed by atoms with Crippen molar-refractivity contribution in [2.24, 2.45) is 0 Å². The second-order valence-corrected chi connectivity index (χ2v) is 1.69. The molecule has 0 aliphatic heterocycles. The van der Waals surface area contributed by atoms with Crippen LogP contribution in [0, 0.1) is 0 Å². The maximum Gasteiger partial charge on any atom is 2.00 e. The Balaban J connectivity index is -0.0000000331. The summed E-state index contributed by atoms with van der Waals surface area (Å²) >= 11 is 0. The summed E-state index contributed by atoms with van der Waals surface area (Å²) in [5.41, 5.74) is 0. The van der Waals surface area contributed by atoms with Crippen molar-refractivity contribution in [3.8, 4) is 0 Å². The van der Waals surface area contributed by atoms with Crippen LogP contribution in [0.25, 0.3) is 0 Å². The van der Waals surface area contributed by atoms with Crippen LogP contribution in [-0.4, -0.2) is 140 Å². The molecule has 0 saturated carbocycles. The van der Waals surface area contributed by atoms with Crippen LogP contribution in [0.2, 0.25) is 0 Å². The van der Waals surface area contributed by atoms with Crippen molar-refractivity contribution < 1.29 is 75.4 Å². The van der Waals surface area contributed by atoms with E-state index in [1.807, 2.05) is 0 Å². The molecule has 0 radical (unpaired) electrons. The molecule has 0 spiro atoms. The van der Waals surface area contributed by atoms with E-state index in [0.717, 1.165) is 0 Å². The summed E-state index contributed by atoms with van der Waals surface area (Å²) in [4.78, 5) is 0. The van der Waals surface area contributed by atoms with Crippen molar-refractivity contribution in [1.29, 1.82) is 0 Å². The molecule has 13 N–H and O–H groups in total. The van der Waals surface area contributed by atoms with E-state index >= 15 is 0 Å². The molecular formula is H13B5CaO15. The Morgan fingerprint density at radius 2 is 0.381 bits per heavy atom. The predicted molar refractivity (Wildman–Crippen MR) is 63.4 cm³/mol. The molecule has 0 heterocycles. The van der Waals surface area contributed by atoms with Crippen molar-refractivity contribution in [2.45, 2.75) is 0 Å². The number of hydrogen-bond donors (Lipinski definition) is 13. The third kappa shape index (κ3) is 7800. The van der Waals surface area contributed by atoms with E-state index in [-0.39, 0.29) is 37.7 Å². The maximum absolute atomic E-state index is 8.53. The van der Waals surface area contributed by atoms with E-state index in [4.69, 9.17) is 75.4 Å². The molecule has 0 bridgehead atoms. The Kier molecular flexibility index (Phi) is 59.2. The molecule has 15 nitrogen and oxygen atoms in total. The standard InChI is InChI=1S/4BH3O3.BHO3.Ca/c5*2-1(3)4;/h4*2-4H;2H;/q;;;;-2;+2. The zero-order valence-corrected chi connectivity index (χ0v) is 12.4. The van der Waals surface area contributed by atoms with Crippen LogP contribution in [0.4, 0.5) is 0 Å². The fourth-order valence-electron chi connectivity index (χ4n) is 0. The van der Waals surface area contributed by atoms with E-state index < -0.39 is 36.6 Å². The summed E-state index contributed by atoms with van der Waals surface area (Å²) in [6.07, 6.45) is 0. The Morgan fingerprint density at radius 3 is 0.381 bits per heavy atom. The van der Waals surface area contributed by atoms with Gasteiger partial charge in [-0.3, -0.25) is 0 Å². The van der Waals surface area contributed by atoms with Gasteiger partial charge in [0.15, 0.2) is 0 Å². The van der Waals surface area contributed by atoms with Crippen LogP contribution in [0.1, 0.15) is 0 Å². The van der Waals surface area contributed by atoms with Crippen LogP contribution in [0.5, 0.6) is 0 Å². The molecule has 0 aromatic carbocycles. The van der Waals surface area contributed by atoms with Gasteiger partial charge in [-0.15, -0.1) is 0 Å². The van der Waals surface area contributed by atoms with Crippen LogP contribution >= 0.6 is 0 Å². The molecule has 0 amide bonds. The first-order valence-corrected chi connectivity index (χ1v) is 3.83. The van der Waals surface area contributed by atoms with E-state index in [0.29, 0.717) is 0 Å². The average Bonchev–Trinajstić information content (AvgIpc) is 1.94. The van der Waals surface area contributed by atoms with Gasteiger partial charge in [0.05, 0.1) is 7.32 Å². The van der Waals surface area contributed by atoms with Gasteiger partial charge < -0.3 is 75.4 Å². The number of rotatable bonds is 0. The summed E-state index contributed by atoms with van der Waals surface area (Å²) in [6, 6.07) is 0.